The molecule has 4 nitrogen and oxygen atoms in total. The van der Waals surface area contributed by atoms with Crippen LogP contribution in [0.2, 0.25) is 0 Å². The molecule has 3 rings (SSSR count). The van der Waals surface area contributed by atoms with Crippen molar-refractivity contribution in [3.05, 3.63) is 47.1 Å². The molecule has 1 fully saturated rings. The van der Waals surface area contributed by atoms with Crippen molar-refractivity contribution in [2.45, 2.75) is 38.6 Å². The predicted octanol–water partition coefficient (Wildman–Crippen LogP) is 4.24. The Morgan fingerprint density at radius 3 is 2.58 bits per heavy atom. The van der Waals surface area contributed by atoms with Crippen molar-refractivity contribution in [2.75, 3.05) is 0 Å². The molecular weight excluding hydrogens is 369 g/mol. The molecule has 1 aliphatic carbocycles. The monoisotopic (exact) mass is 391 g/mol. The molecule has 1 aromatic heterocycles. The number of nitrogens with one attached hydrogen (secondary N) is 3. The maximum Gasteiger partial charge on any atom is 0.279 e. The van der Waals surface area contributed by atoms with Crippen LogP contribution < -0.4 is 16.2 Å². The van der Waals surface area contributed by atoms with Crippen molar-refractivity contribution < 1.29 is 9.18 Å². The number of hydrazine groups is 1. The predicted molar refractivity (Wildman–Crippen MR) is 107 cm³/mol. The van der Waals surface area contributed by atoms with E-state index in [1.807, 2.05) is 6.07 Å². The first-order valence-corrected chi connectivity index (χ1v) is 9.98. The van der Waals surface area contributed by atoms with E-state index in [0.717, 1.165) is 16.9 Å². The van der Waals surface area contributed by atoms with Gasteiger partial charge in [0.25, 0.3) is 5.91 Å². The number of thiocarbonyl (C=S) groups is 1. The van der Waals surface area contributed by atoms with Crippen LogP contribution in [0.25, 0.3) is 10.4 Å². The third kappa shape index (κ3) is 4.80. The lowest BCUT2D eigenvalue weighted by molar-refractivity contribution is 0.0947. The number of rotatable bonds is 3. The van der Waals surface area contributed by atoms with Gasteiger partial charge in [0.15, 0.2) is 5.11 Å². The maximum atomic E-state index is 13.0. The number of thiophene rings is 1. The van der Waals surface area contributed by atoms with Gasteiger partial charge in [-0.05, 0) is 60.8 Å². The Kier molecular flexibility index (Phi) is 6.21. The first kappa shape index (κ1) is 18.8. The number of carbonyl (C=O) groups is 1. The van der Waals surface area contributed by atoms with Gasteiger partial charge in [-0.3, -0.25) is 15.6 Å². The van der Waals surface area contributed by atoms with Gasteiger partial charge in [0.05, 0.1) is 4.88 Å². The average Bonchev–Trinajstić information content (AvgIpc) is 3.12. The van der Waals surface area contributed by atoms with Crippen LogP contribution in [-0.4, -0.2) is 17.1 Å². The lowest BCUT2D eigenvalue weighted by Gasteiger charge is -2.30. The van der Waals surface area contributed by atoms with Crippen LogP contribution in [0.5, 0.6) is 0 Å². The lowest BCUT2D eigenvalue weighted by atomic mass is 9.86. The summed E-state index contributed by atoms with van der Waals surface area (Å²) in [6.45, 7) is 2.22. The second-order valence-corrected chi connectivity index (χ2v) is 8.08. The van der Waals surface area contributed by atoms with Crippen molar-refractivity contribution >= 4 is 34.6 Å². The third-order valence-electron chi connectivity index (χ3n) is 4.68. The van der Waals surface area contributed by atoms with Crippen LogP contribution in [0, 0.1) is 11.7 Å². The first-order chi connectivity index (χ1) is 12.5. The van der Waals surface area contributed by atoms with E-state index in [1.165, 1.54) is 42.7 Å². The Morgan fingerprint density at radius 2 is 1.85 bits per heavy atom. The summed E-state index contributed by atoms with van der Waals surface area (Å²) >= 11 is 6.63. The van der Waals surface area contributed by atoms with Crippen LogP contribution in [0.3, 0.4) is 0 Å². The van der Waals surface area contributed by atoms with E-state index in [0.29, 0.717) is 21.9 Å². The molecule has 1 aromatic carbocycles. The van der Waals surface area contributed by atoms with Gasteiger partial charge in [-0.15, -0.1) is 11.3 Å². The molecule has 138 valence electrons. The van der Waals surface area contributed by atoms with Crippen molar-refractivity contribution in [1.29, 1.82) is 0 Å². The molecule has 0 saturated heterocycles. The first-order valence-electron chi connectivity index (χ1n) is 8.75. The zero-order chi connectivity index (χ0) is 18.5. The van der Waals surface area contributed by atoms with E-state index in [4.69, 9.17) is 12.2 Å². The average molecular weight is 392 g/mol. The molecule has 1 saturated carbocycles. The summed E-state index contributed by atoms with van der Waals surface area (Å²) in [7, 11) is 0. The van der Waals surface area contributed by atoms with Gasteiger partial charge in [-0.25, -0.2) is 4.39 Å². The highest BCUT2D eigenvalue weighted by Crippen LogP contribution is 2.28. The highest BCUT2D eigenvalue weighted by Gasteiger charge is 2.21. The van der Waals surface area contributed by atoms with E-state index in [9.17, 15) is 9.18 Å². The number of carbonyl (C=O) groups excluding carboxylic acids is 1. The molecule has 0 spiro atoms. The van der Waals surface area contributed by atoms with Crippen molar-refractivity contribution in [2.24, 2.45) is 5.92 Å². The van der Waals surface area contributed by atoms with Crippen LogP contribution in [0.1, 0.15) is 42.3 Å². The molecule has 0 unspecified atom stereocenters. The zero-order valence-electron chi connectivity index (χ0n) is 14.5. The smallest absolute Gasteiger partial charge is 0.279 e. The Bertz CT molecular complexity index is 775. The highest BCUT2D eigenvalue weighted by atomic mass is 32.1. The molecule has 26 heavy (non-hydrogen) atoms. The minimum Gasteiger partial charge on any atom is -0.358 e. The SMILES string of the molecule is C[C@H]1CCCC[C@@H]1NC(=S)NNC(=O)c1ccc(-c2ccc(F)cc2)s1. The number of amides is 1. The summed E-state index contributed by atoms with van der Waals surface area (Å²) in [6.07, 6.45) is 4.78. The van der Waals surface area contributed by atoms with Crippen LogP contribution in [0.15, 0.2) is 36.4 Å². The Hall–Kier alpha value is -1.99. The Morgan fingerprint density at radius 1 is 1.12 bits per heavy atom. The molecule has 3 N–H and O–H groups in total. The van der Waals surface area contributed by atoms with Gasteiger partial charge < -0.3 is 5.32 Å². The molecule has 0 radical (unpaired) electrons. The molecule has 1 amide bonds. The largest absolute Gasteiger partial charge is 0.358 e. The van der Waals surface area contributed by atoms with Crippen molar-refractivity contribution in [3.63, 3.8) is 0 Å². The standard InChI is InChI=1S/C19H22FN3OS2/c1-12-4-2-3-5-15(12)21-19(25)23-22-18(24)17-11-10-16(26-17)13-6-8-14(20)9-7-13/h6-12,15H,2-5H2,1H3,(H,22,24)(H2,21,23,25)/t12-,15-/m0/s1. The molecule has 1 aliphatic rings. The molecule has 7 heteroatoms. The van der Waals surface area contributed by atoms with Gasteiger partial charge in [0, 0.05) is 10.9 Å². The summed E-state index contributed by atoms with van der Waals surface area (Å²) in [5.74, 6) is 0.0553. The fourth-order valence-electron chi connectivity index (χ4n) is 3.14. The molecule has 2 aromatic rings. The van der Waals surface area contributed by atoms with Crippen molar-refractivity contribution in [3.8, 4) is 10.4 Å². The zero-order valence-corrected chi connectivity index (χ0v) is 16.2. The minimum atomic E-state index is -0.277. The molecule has 0 aliphatic heterocycles. The number of hydrogen-bond donors (Lipinski definition) is 3. The fourth-order valence-corrected chi connectivity index (χ4v) is 4.25. The van der Waals surface area contributed by atoms with E-state index >= 15 is 0 Å². The minimum absolute atomic E-state index is 0.246. The second-order valence-electron chi connectivity index (χ2n) is 6.59. The van der Waals surface area contributed by atoms with Crippen LogP contribution in [-0.2, 0) is 0 Å². The lowest BCUT2D eigenvalue weighted by Crippen LogP contribution is -2.51. The summed E-state index contributed by atoms with van der Waals surface area (Å²) in [4.78, 5) is 13.8. The molecule has 2 atom stereocenters. The number of hydrogen-bond acceptors (Lipinski definition) is 3. The number of benzene rings is 1. The Labute approximate surface area is 162 Å². The van der Waals surface area contributed by atoms with Gasteiger partial charge >= 0.3 is 0 Å². The van der Waals surface area contributed by atoms with Gasteiger partial charge in [-0.1, -0.05) is 31.9 Å². The van der Waals surface area contributed by atoms with Crippen molar-refractivity contribution in [1.82, 2.24) is 16.2 Å². The van der Waals surface area contributed by atoms with E-state index in [1.54, 1.807) is 18.2 Å². The van der Waals surface area contributed by atoms with Gasteiger partial charge in [-0.2, -0.15) is 0 Å². The third-order valence-corrected chi connectivity index (χ3v) is 6.03. The topological polar surface area (TPSA) is 53.2 Å². The summed E-state index contributed by atoms with van der Waals surface area (Å²) in [6, 6.07) is 10.2. The summed E-state index contributed by atoms with van der Waals surface area (Å²) in [5, 5.41) is 3.72. The highest BCUT2D eigenvalue weighted by molar-refractivity contribution is 7.80. The van der Waals surface area contributed by atoms with Gasteiger partial charge in [0.1, 0.15) is 5.82 Å². The normalized spacial score (nSPS) is 19.6. The van der Waals surface area contributed by atoms with E-state index in [2.05, 4.69) is 23.1 Å². The van der Waals surface area contributed by atoms with E-state index < -0.39 is 0 Å². The van der Waals surface area contributed by atoms with E-state index in [-0.39, 0.29) is 11.7 Å². The molecule has 1 heterocycles. The second kappa shape index (κ2) is 8.60. The van der Waals surface area contributed by atoms with Crippen LogP contribution in [0.4, 0.5) is 4.39 Å². The van der Waals surface area contributed by atoms with Crippen LogP contribution >= 0.6 is 23.6 Å². The number of halogens is 1. The molecular formula is C19H22FN3OS2. The maximum absolute atomic E-state index is 13.0. The Balaban J connectivity index is 1.52. The summed E-state index contributed by atoms with van der Waals surface area (Å²) in [5.41, 5.74) is 6.30. The quantitative estimate of drug-likeness (QED) is 0.541. The molecule has 0 bridgehead atoms. The summed E-state index contributed by atoms with van der Waals surface area (Å²) < 4.78 is 13.0. The van der Waals surface area contributed by atoms with Gasteiger partial charge in [0.2, 0.25) is 0 Å². The fraction of sp³-hybridized carbons (Fsp3) is 0.368.